The molecule has 0 radical (unpaired) electrons. The number of esters is 1. The van der Waals surface area contributed by atoms with Gasteiger partial charge in [0.05, 0.1) is 24.0 Å². The molecule has 0 saturated heterocycles. The molecule has 0 aliphatic carbocycles. The van der Waals surface area contributed by atoms with Gasteiger partial charge in [-0.1, -0.05) is 36.4 Å². The zero-order valence-electron chi connectivity index (χ0n) is 13.4. The summed E-state index contributed by atoms with van der Waals surface area (Å²) in [5.74, 6) is -0.333. The summed E-state index contributed by atoms with van der Waals surface area (Å²) < 4.78 is 6.96. The van der Waals surface area contributed by atoms with Gasteiger partial charge in [0.1, 0.15) is 0 Å². The summed E-state index contributed by atoms with van der Waals surface area (Å²) in [6, 6.07) is 12.1. The molecule has 0 aliphatic rings. The smallest absolute Gasteiger partial charge is 0.330 e. The van der Waals surface area contributed by atoms with Crippen LogP contribution in [0.15, 0.2) is 73.2 Å². The number of aromatic nitrogens is 2. The van der Waals surface area contributed by atoms with E-state index in [0.29, 0.717) is 6.61 Å². The number of carbonyl (C=O) groups is 1. The standard InChI is InChI=1S/C20H18N2O2/c1-2-24-20(23)12-6-3-8-16-15-22(17-9-7-13-21-14-17)19-11-5-4-10-18(16)19/h3-15H,2H2,1H3. The van der Waals surface area contributed by atoms with Crippen molar-refractivity contribution < 1.29 is 9.53 Å². The van der Waals surface area contributed by atoms with Crippen molar-refractivity contribution in [1.29, 1.82) is 0 Å². The maximum absolute atomic E-state index is 11.3. The third-order valence-corrected chi connectivity index (χ3v) is 3.57. The van der Waals surface area contributed by atoms with Crippen LogP contribution in [0.25, 0.3) is 22.7 Å². The Morgan fingerprint density at radius 1 is 1.21 bits per heavy atom. The Bertz CT molecular complexity index is 892. The number of nitrogens with zero attached hydrogens (tertiary/aromatic N) is 2. The van der Waals surface area contributed by atoms with Crippen LogP contribution in [0.1, 0.15) is 12.5 Å². The van der Waals surface area contributed by atoms with Gasteiger partial charge in [-0.15, -0.1) is 0 Å². The quantitative estimate of drug-likeness (QED) is 0.403. The Labute approximate surface area is 140 Å². The van der Waals surface area contributed by atoms with Crippen molar-refractivity contribution in [2.24, 2.45) is 0 Å². The number of ether oxygens (including phenoxy) is 1. The maximum Gasteiger partial charge on any atom is 0.330 e. The molecular formula is C20H18N2O2. The Morgan fingerprint density at radius 3 is 2.88 bits per heavy atom. The third kappa shape index (κ3) is 3.43. The zero-order chi connectivity index (χ0) is 16.8. The summed E-state index contributed by atoms with van der Waals surface area (Å²) in [4.78, 5) is 15.5. The van der Waals surface area contributed by atoms with E-state index >= 15 is 0 Å². The second kappa shape index (κ2) is 7.42. The van der Waals surface area contributed by atoms with Gasteiger partial charge >= 0.3 is 5.97 Å². The number of hydrogen-bond acceptors (Lipinski definition) is 3. The van der Waals surface area contributed by atoms with E-state index in [0.717, 1.165) is 22.2 Å². The summed E-state index contributed by atoms with van der Waals surface area (Å²) >= 11 is 0. The Morgan fingerprint density at radius 2 is 2.08 bits per heavy atom. The monoisotopic (exact) mass is 318 g/mol. The molecule has 0 atom stereocenters. The van der Waals surface area contributed by atoms with Crippen molar-refractivity contribution in [2.75, 3.05) is 6.61 Å². The molecule has 3 aromatic rings. The average molecular weight is 318 g/mol. The number of allylic oxidation sites excluding steroid dienone is 2. The largest absolute Gasteiger partial charge is 0.463 e. The van der Waals surface area contributed by atoms with E-state index in [1.165, 1.54) is 6.08 Å². The summed E-state index contributed by atoms with van der Waals surface area (Å²) in [5.41, 5.74) is 3.19. The van der Waals surface area contributed by atoms with Crippen LogP contribution in [0, 0.1) is 0 Å². The lowest BCUT2D eigenvalue weighted by Crippen LogP contribution is -1.98. The first-order valence-corrected chi connectivity index (χ1v) is 7.81. The highest BCUT2D eigenvalue weighted by molar-refractivity contribution is 5.91. The molecule has 4 heteroatoms. The molecule has 0 spiro atoms. The Kier molecular flexibility index (Phi) is 4.87. The first-order chi connectivity index (χ1) is 11.8. The predicted molar refractivity (Wildman–Crippen MR) is 95.9 cm³/mol. The Hall–Kier alpha value is -3.14. The topological polar surface area (TPSA) is 44.1 Å². The molecule has 0 fully saturated rings. The van der Waals surface area contributed by atoms with Gasteiger partial charge in [-0.05, 0) is 25.1 Å². The highest BCUT2D eigenvalue weighted by Gasteiger charge is 2.07. The van der Waals surface area contributed by atoms with Crippen LogP contribution in [0.4, 0.5) is 0 Å². The van der Waals surface area contributed by atoms with Crippen LogP contribution >= 0.6 is 0 Å². The number of benzene rings is 1. The minimum Gasteiger partial charge on any atom is -0.463 e. The van der Waals surface area contributed by atoms with Crippen LogP contribution < -0.4 is 0 Å². The third-order valence-electron chi connectivity index (χ3n) is 3.57. The van der Waals surface area contributed by atoms with Gasteiger partial charge in [0.25, 0.3) is 0 Å². The molecule has 1 aromatic carbocycles. The molecule has 120 valence electrons. The van der Waals surface area contributed by atoms with Gasteiger partial charge in [-0.3, -0.25) is 4.98 Å². The van der Waals surface area contributed by atoms with Gasteiger partial charge in [0.15, 0.2) is 0 Å². The lowest BCUT2D eigenvalue weighted by molar-refractivity contribution is -0.137. The number of carbonyl (C=O) groups excluding carboxylic acids is 1. The number of fused-ring (bicyclic) bond motifs is 1. The van der Waals surface area contributed by atoms with E-state index in [9.17, 15) is 4.79 Å². The van der Waals surface area contributed by atoms with Gasteiger partial charge in [0.2, 0.25) is 0 Å². The van der Waals surface area contributed by atoms with Crippen LogP contribution in [-0.2, 0) is 9.53 Å². The molecule has 0 aliphatic heterocycles. The first-order valence-electron chi connectivity index (χ1n) is 7.81. The van der Waals surface area contributed by atoms with Crippen molar-refractivity contribution in [3.63, 3.8) is 0 Å². The number of hydrogen-bond donors (Lipinski definition) is 0. The molecule has 0 N–H and O–H groups in total. The second-order valence-electron chi connectivity index (χ2n) is 5.15. The van der Waals surface area contributed by atoms with Crippen LogP contribution in [0.3, 0.4) is 0 Å². The predicted octanol–water partition coefficient (Wildman–Crippen LogP) is 4.16. The average Bonchev–Trinajstić information content (AvgIpc) is 2.99. The SMILES string of the molecule is CCOC(=O)C=CC=Cc1cn(-c2cccnc2)c2ccccc12. The fourth-order valence-corrected chi connectivity index (χ4v) is 2.53. The number of pyridine rings is 1. The number of para-hydroxylation sites is 1. The maximum atomic E-state index is 11.3. The highest BCUT2D eigenvalue weighted by atomic mass is 16.5. The van der Waals surface area contributed by atoms with E-state index in [1.54, 1.807) is 19.2 Å². The minimum absolute atomic E-state index is 0.333. The number of rotatable bonds is 5. The van der Waals surface area contributed by atoms with Gasteiger partial charge in [0, 0.05) is 29.4 Å². The molecule has 0 bridgehead atoms. The second-order valence-corrected chi connectivity index (χ2v) is 5.15. The van der Waals surface area contributed by atoms with Crippen molar-refractivity contribution in [1.82, 2.24) is 9.55 Å². The lowest BCUT2D eigenvalue weighted by atomic mass is 10.1. The molecule has 2 heterocycles. The first kappa shape index (κ1) is 15.7. The summed E-state index contributed by atoms with van der Waals surface area (Å²) in [5, 5.41) is 1.14. The van der Waals surface area contributed by atoms with Crippen molar-refractivity contribution in [2.45, 2.75) is 6.92 Å². The molecule has 0 saturated carbocycles. The van der Waals surface area contributed by atoms with Crippen LogP contribution in [-0.4, -0.2) is 22.1 Å². The molecule has 3 rings (SSSR count). The zero-order valence-corrected chi connectivity index (χ0v) is 13.4. The lowest BCUT2D eigenvalue weighted by Gasteiger charge is -2.03. The van der Waals surface area contributed by atoms with Crippen molar-refractivity contribution in [3.05, 3.63) is 78.8 Å². The molecular weight excluding hydrogens is 300 g/mol. The Balaban J connectivity index is 1.93. The van der Waals surface area contributed by atoms with Crippen molar-refractivity contribution >= 4 is 22.9 Å². The fourth-order valence-electron chi connectivity index (χ4n) is 2.53. The molecule has 0 unspecified atom stereocenters. The normalized spacial score (nSPS) is 11.5. The van der Waals surface area contributed by atoms with E-state index in [2.05, 4.69) is 27.9 Å². The van der Waals surface area contributed by atoms with Gasteiger partial charge in [-0.2, -0.15) is 0 Å². The van der Waals surface area contributed by atoms with Crippen LogP contribution in [0.5, 0.6) is 0 Å². The molecule has 4 nitrogen and oxygen atoms in total. The van der Waals surface area contributed by atoms with E-state index in [1.807, 2.05) is 42.6 Å². The summed E-state index contributed by atoms with van der Waals surface area (Å²) in [7, 11) is 0. The molecule has 0 amide bonds. The van der Waals surface area contributed by atoms with E-state index in [4.69, 9.17) is 4.74 Å². The molecule has 2 aromatic heterocycles. The summed E-state index contributed by atoms with van der Waals surface area (Å²) in [6.45, 7) is 2.17. The van der Waals surface area contributed by atoms with Gasteiger partial charge < -0.3 is 9.30 Å². The fraction of sp³-hybridized carbons (Fsp3) is 0.100. The van der Waals surface area contributed by atoms with E-state index in [-0.39, 0.29) is 5.97 Å². The highest BCUT2D eigenvalue weighted by Crippen LogP contribution is 2.25. The van der Waals surface area contributed by atoms with Crippen LogP contribution in [0.2, 0.25) is 0 Å². The van der Waals surface area contributed by atoms with Gasteiger partial charge in [-0.25, -0.2) is 4.79 Å². The summed E-state index contributed by atoms with van der Waals surface area (Å²) in [6.07, 6.45) is 12.6. The van der Waals surface area contributed by atoms with Crippen molar-refractivity contribution in [3.8, 4) is 5.69 Å². The minimum atomic E-state index is -0.333. The molecule has 24 heavy (non-hydrogen) atoms. The van der Waals surface area contributed by atoms with E-state index < -0.39 is 0 Å².